The fourth-order valence-electron chi connectivity index (χ4n) is 3.00. The van der Waals surface area contributed by atoms with E-state index in [1.807, 2.05) is 0 Å². The van der Waals surface area contributed by atoms with Crippen LogP contribution in [0.5, 0.6) is 0 Å². The Labute approximate surface area is 150 Å². The second-order valence-corrected chi connectivity index (χ2v) is 8.10. The number of aliphatic carboxylic acids is 1. The maximum atomic E-state index is 10.9. The first kappa shape index (κ1) is 23.4. The molecule has 0 fully saturated rings. The minimum absolute atomic E-state index is 0.105. The van der Waals surface area contributed by atoms with Crippen LogP contribution in [-0.2, 0) is 9.53 Å². The van der Waals surface area contributed by atoms with Crippen LogP contribution >= 0.6 is 0 Å². The third-order valence-corrected chi connectivity index (χ3v) is 4.26. The Morgan fingerprint density at radius 3 is 1.75 bits per heavy atom. The molecule has 0 unspecified atom stereocenters. The lowest BCUT2D eigenvalue weighted by Gasteiger charge is -2.28. The van der Waals surface area contributed by atoms with Gasteiger partial charge in [0.25, 0.3) is 0 Å². The van der Waals surface area contributed by atoms with E-state index >= 15 is 0 Å². The molecule has 0 aliphatic rings. The van der Waals surface area contributed by atoms with Gasteiger partial charge in [0.15, 0.2) is 0 Å². The van der Waals surface area contributed by atoms with E-state index in [4.69, 9.17) is 9.84 Å². The van der Waals surface area contributed by atoms with E-state index in [0.717, 1.165) is 17.4 Å². The van der Waals surface area contributed by atoms with Gasteiger partial charge in [0.05, 0.1) is 27.6 Å². The zero-order valence-corrected chi connectivity index (χ0v) is 16.7. The minimum atomic E-state index is -0.771. The van der Waals surface area contributed by atoms with Crippen LogP contribution in [0.4, 0.5) is 0 Å². The predicted octanol–water partition coefficient (Wildman–Crippen LogP) is 4.86. The van der Waals surface area contributed by atoms with E-state index in [1.54, 1.807) is 0 Å². The largest absolute Gasteiger partial charge is 0.481 e. The SMILES string of the molecule is CCCCCCCCCCCCCO[C@H](CC(=O)O)C[N+](C)(C)C. The molecule has 0 rings (SSSR count). The van der Waals surface area contributed by atoms with Crippen molar-refractivity contribution in [3.63, 3.8) is 0 Å². The van der Waals surface area contributed by atoms with Crippen molar-refractivity contribution in [2.24, 2.45) is 0 Å². The van der Waals surface area contributed by atoms with Crippen LogP contribution in [0.2, 0.25) is 0 Å². The molecule has 0 saturated heterocycles. The fourth-order valence-corrected chi connectivity index (χ4v) is 3.00. The normalized spacial score (nSPS) is 13.2. The molecule has 1 atom stereocenters. The van der Waals surface area contributed by atoms with Crippen molar-refractivity contribution in [2.75, 3.05) is 34.3 Å². The standard InChI is InChI=1S/C20H41NO3/c1-5-6-7-8-9-10-11-12-13-14-15-16-24-19(17-20(22)23)18-21(2,3)4/h19H,5-18H2,1-4H3/p+1/t19-/m1/s1. The van der Waals surface area contributed by atoms with Gasteiger partial charge < -0.3 is 14.3 Å². The zero-order valence-electron chi connectivity index (χ0n) is 16.7. The molecule has 0 amide bonds. The smallest absolute Gasteiger partial charge is 0.306 e. The highest BCUT2D eigenvalue weighted by molar-refractivity contribution is 5.67. The van der Waals surface area contributed by atoms with E-state index in [9.17, 15) is 4.79 Å². The Hall–Kier alpha value is -0.610. The molecule has 144 valence electrons. The van der Waals surface area contributed by atoms with Crippen LogP contribution in [0.25, 0.3) is 0 Å². The summed E-state index contributed by atoms with van der Waals surface area (Å²) in [6, 6.07) is 0. The van der Waals surface area contributed by atoms with E-state index in [0.29, 0.717) is 6.61 Å². The first-order valence-electron chi connectivity index (χ1n) is 9.99. The summed E-state index contributed by atoms with van der Waals surface area (Å²) in [7, 11) is 6.21. The van der Waals surface area contributed by atoms with Crippen molar-refractivity contribution < 1.29 is 19.1 Å². The van der Waals surface area contributed by atoms with Crippen molar-refractivity contribution in [3.05, 3.63) is 0 Å². The summed E-state index contributed by atoms with van der Waals surface area (Å²) in [6.07, 6.45) is 14.4. The van der Waals surface area contributed by atoms with Crippen LogP contribution in [-0.4, -0.2) is 56.0 Å². The Morgan fingerprint density at radius 1 is 0.875 bits per heavy atom. The fraction of sp³-hybridized carbons (Fsp3) is 0.950. The van der Waals surface area contributed by atoms with Gasteiger partial charge in [0.2, 0.25) is 0 Å². The van der Waals surface area contributed by atoms with Crippen LogP contribution in [0.1, 0.15) is 84.0 Å². The number of hydrogen-bond acceptors (Lipinski definition) is 2. The van der Waals surface area contributed by atoms with Gasteiger partial charge in [-0.05, 0) is 6.42 Å². The number of rotatable bonds is 17. The van der Waals surface area contributed by atoms with Gasteiger partial charge in [0, 0.05) is 6.61 Å². The third-order valence-electron chi connectivity index (χ3n) is 4.26. The first-order chi connectivity index (χ1) is 11.3. The molecule has 24 heavy (non-hydrogen) atoms. The Balaban J connectivity index is 3.53. The van der Waals surface area contributed by atoms with Crippen molar-refractivity contribution in [1.29, 1.82) is 0 Å². The van der Waals surface area contributed by atoms with Crippen molar-refractivity contribution in [2.45, 2.75) is 90.1 Å². The van der Waals surface area contributed by atoms with E-state index in [1.165, 1.54) is 64.2 Å². The molecular weight excluding hydrogens is 302 g/mol. The lowest BCUT2D eigenvalue weighted by molar-refractivity contribution is -0.873. The summed E-state index contributed by atoms with van der Waals surface area (Å²) in [5, 5.41) is 8.99. The van der Waals surface area contributed by atoms with Crippen molar-refractivity contribution in [3.8, 4) is 0 Å². The molecule has 0 aliphatic heterocycles. The second kappa shape index (κ2) is 14.7. The molecular formula is C20H42NO3+. The number of carboxylic acids is 1. The summed E-state index contributed by atoms with van der Waals surface area (Å²) >= 11 is 0. The van der Waals surface area contributed by atoms with Gasteiger partial charge in [-0.2, -0.15) is 0 Å². The summed E-state index contributed by atoms with van der Waals surface area (Å²) < 4.78 is 6.55. The van der Waals surface area contributed by atoms with Crippen LogP contribution in [0.15, 0.2) is 0 Å². The lowest BCUT2D eigenvalue weighted by atomic mass is 10.1. The van der Waals surface area contributed by atoms with Crippen molar-refractivity contribution in [1.82, 2.24) is 0 Å². The van der Waals surface area contributed by atoms with Gasteiger partial charge in [-0.3, -0.25) is 4.79 Å². The first-order valence-corrected chi connectivity index (χ1v) is 9.99. The number of carbonyl (C=O) groups is 1. The Kier molecular flexibility index (Phi) is 14.3. The maximum Gasteiger partial charge on any atom is 0.306 e. The van der Waals surface area contributed by atoms with Crippen LogP contribution in [0, 0.1) is 0 Å². The van der Waals surface area contributed by atoms with Gasteiger partial charge >= 0.3 is 5.97 Å². The second-order valence-electron chi connectivity index (χ2n) is 8.10. The van der Waals surface area contributed by atoms with Crippen LogP contribution < -0.4 is 0 Å². The summed E-state index contributed by atoms with van der Waals surface area (Å²) in [5.41, 5.74) is 0. The lowest BCUT2D eigenvalue weighted by Crippen LogP contribution is -2.43. The van der Waals surface area contributed by atoms with Gasteiger partial charge in [-0.15, -0.1) is 0 Å². The monoisotopic (exact) mass is 344 g/mol. The molecule has 0 saturated carbocycles. The van der Waals surface area contributed by atoms with Gasteiger partial charge in [-0.1, -0.05) is 71.1 Å². The Morgan fingerprint density at radius 2 is 1.33 bits per heavy atom. The molecule has 0 spiro atoms. The number of ether oxygens (including phenoxy) is 1. The van der Waals surface area contributed by atoms with Crippen LogP contribution in [0.3, 0.4) is 0 Å². The topological polar surface area (TPSA) is 46.5 Å². The highest BCUT2D eigenvalue weighted by Crippen LogP contribution is 2.12. The molecule has 0 aromatic carbocycles. The average molecular weight is 345 g/mol. The highest BCUT2D eigenvalue weighted by Gasteiger charge is 2.21. The van der Waals surface area contributed by atoms with E-state index in [2.05, 4.69) is 28.1 Å². The maximum absolute atomic E-state index is 10.9. The molecule has 1 N–H and O–H groups in total. The molecule has 0 bridgehead atoms. The number of nitrogens with zero attached hydrogens (tertiary/aromatic N) is 1. The van der Waals surface area contributed by atoms with E-state index < -0.39 is 5.97 Å². The zero-order chi connectivity index (χ0) is 18.3. The highest BCUT2D eigenvalue weighted by atomic mass is 16.5. The predicted molar refractivity (Wildman–Crippen MR) is 101 cm³/mol. The third kappa shape index (κ3) is 17.7. The van der Waals surface area contributed by atoms with E-state index in [-0.39, 0.29) is 12.5 Å². The number of likely N-dealkylation sites (N-methyl/N-ethyl adjacent to an activating group) is 1. The molecule has 4 nitrogen and oxygen atoms in total. The van der Waals surface area contributed by atoms with Gasteiger partial charge in [-0.25, -0.2) is 0 Å². The summed E-state index contributed by atoms with van der Waals surface area (Å²) in [6.45, 7) is 3.69. The van der Waals surface area contributed by atoms with Gasteiger partial charge in [0.1, 0.15) is 12.6 Å². The molecule has 0 radical (unpaired) electrons. The molecule has 0 aliphatic carbocycles. The molecule has 0 aromatic heterocycles. The molecule has 0 heterocycles. The molecule has 0 aromatic rings. The number of quaternary nitrogens is 1. The average Bonchev–Trinajstić information content (AvgIpc) is 2.46. The number of carboxylic acid groups (broad SMARTS) is 1. The Bertz CT molecular complexity index is 300. The summed E-state index contributed by atoms with van der Waals surface area (Å²) in [4.78, 5) is 10.9. The summed E-state index contributed by atoms with van der Waals surface area (Å²) in [5.74, 6) is -0.771. The molecule has 4 heteroatoms. The quantitative estimate of drug-likeness (QED) is 0.303. The number of hydrogen-bond donors (Lipinski definition) is 1. The minimum Gasteiger partial charge on any atom is -0.481 e. The van der Waals surface area contributed by atoms with Crippen molar-refractivity contribution >= 4 is 5.97 Å². The number of unbranched alkanes of at least 4 members (excludes halogenated alkanes) is 10.